The maximum atomic E-state index is 5.45. The van der Waals surface area contributed by atoms with Gasteiger partial charge in [0, 0.05) is 24.1 Å². The van der Waals surface area contributed by atoms with E-state index in [-0.39, 0.29) is 5.54 Å². The first-order valence-corrected chi connectivity index (χ1v) is 8.10. The van der Waals surface area contributed by atoms with Crippen molar-refractivity contribution in [2.75, 3.05) is 13.2 Å². The second-order valence-electron chi connectivity index (χ2n) is 5.89. The fourth-order valence-corrected chi connectivity index (χ4v) is 2.72. The first kappa shape index (κ1) is 15.9. The lowest BCUT2D eigenvalue weighted by molar-refractivity contribution is 0.340. The molecular formula is C16H23N3OS. The summed E-state index contributed by atoms with van der Waals surface area (Å²) in [5.41, 5.74) is 1.23. The predicted molar refractivity (Wildman–Crippen MR) is 88.0 cm³/mol. The van der Waals surface area contributed by atoms with Crippen molar-refractivity contribution in [1.29, 1.82) is 0 Å². The molecule has 0 fully saturated rings. The van der Waals surface area contributed by atoms with Gasteiger partial charge in [-0.15, -0.1) is 10.2 Å². The Labute approximate surface area is 130 Å². The fourth-order valence-electron chi connectivity index (χ4n) is 1.88. The molecule has 0 aliphatic rings. The Morgan fingerprint density at radius 2 is 1.86 bits per heavy atom. The van der Waals surface area contributed by atoms with Crippen LogP contribution in [0.4, 0.5) is 0 Å². The number of nitrogens with one attached hydrogen (secondary N) is 1. The molecule has 0 aliphatic carbocycles. The van der Waals surface area contributed by atoms with Gasteiger partial charge in [-0.05, 0) is 52.0 Å². The zero-order valence-corrected chi connectivity index (χ0v) is 14.0. The molecule has 0 saturated carbocycles. The summed E-state index contributed by atoms with van der Waals surface area (Å²) < 4.78 is 5.45. The van der Waals surface area contributed by atoms with E-state index >= 15 is 0 Å². The van der Waals surface area contributed by atoms with Crippen LogP contribution >= 0.6 is 11.3 Å². The molecule has 1 N–H and O–H groups in total. The maximum Gasteiger partial charge on any atom is 0.147 e. The highest BCUT2D eigenvalue weighted by Crippen LogP contribution is 2.25. The molecular weight excluding hydrogens is 282 g/mol. The van der Waals surface area contributed by atoms with Crippen molar-refractivity contribution < 1.29 is 4.74 Å². The van der Waals surface area contributed by atoms with E-state index in [1.54, 1.807) is 11.3 Å². The van der Waals surface area contributed by atoms with Crippen LogP contribution in [0.3, 0.4) is 0 Å². The molecule has 21 heavy (non-hydrogen) atoms. The van der Waals surface area contributed by atoms with Crippen LogP contribution in [-0.2, 0) is 6.42 Å². The third-order valence-corrected chi connectivity index (χ3v) is 3.91. The standard InChI is InChI=1S/C16H23N3OS/c1-5-20-13-8-6-12(7-9-13)15-19-18-14(21-15)10-11-17-16(2,3)4/h6-9,17H,5,10-11H2,1-4H3. The Bertz CT molecular complexity index is 558. The van der Waals surface area contributed by atoms with Crippen LogP contribution in [-0.4, -0.2) is 28.9 Å². The third-order valence-electron chi connectivity index (χ3n) is 2.87. The molecule has 2 rings (SSSR count). The molecule has 0 spiro atoms. The van der Waals surface area contributed by atoms with Crippen molar-refractivity contribution in [2.24, 2.45) is 0 Å². The van der Waals surface area contributed by atoms with Gasteiger partial charge in [-0.2, -0.15) is 0 Å². The van der Waals surface area contributed by atoms with E-state index in [2.05, 4.69) is 36.3 Å². The van der Waals surface area contributed by atoms with Gasteiger partial charge in [0.05, 0.1) is 6.61 Å². The predicted octanol–water partition coefficient (Wildman–Crippen LogP) is 3.53. The van der Waals surface area contributed by atoms with Crippen LogP contribution in [0.15, 0.2) is 24.3 Å². The Morgan fingerprint density at radius 3 is 2.48 bits per heavy atom. The van der Waals surface area contributed by atoms with Crippen molar-refractivity contribution in [3.05, 3.63) is 29.3 Å². The molecule has 114 valence electrons. The summed E-state index contributed by atoms with van der Waals surface area (Å²) in [7, 11) is 0. The van der Waals surface area contributed by atoms with E-state index in [0.717, 1.165) is 34.3 Å². The molecule has 1 heterocycles. The van der Waals surface area contributed by atoms with E-state index < -0.39 is 0 Å². The molecule has 1 aromatic heterocycles. The van der Waals surface area contributed by atoms with Gasteiger partial charge < -0.3 is 10.1 Å². The zero-order valence-electron chi connectivity index (χ0n) is 13.1. The topological polar surface area (TPSA) is 47.0 Å². The van der Waals surface area contributed by atoms with Gasteiger partial charge in [-0.1, -0.05) is 11.3 Å². The third kappa shape index (κ3) is 5.10. The SMILES string of the molecule is CCOc1ccc(-c2nnc(CCNC(C)(C)C)s2)cc1. The van der Waals surface area contributed by atoms with E-state index in [0.29, 0.717) is 6.61 Å². The maximum absolute atomic E-state index is 5.45. The first-order chi connectivity index (χ1) is 9.98. The lowest BCUT2D eigenvalue weighted by Crippen LogP contribution is -2.37. The number of benzene rings is 1. The fraction of sp³-hybridized carbons (Fsp3) is 0.500. The Kier molecular flexibility index (Phi) is 5.31. The van der Waals surface area contributed by atoms with Gasteiger partial charge in [0.15, 0.2) is 0 Å². The van der Waals surface area contributed by atoms with Crippen LogP contribution in [0.5, 0.6) is 5.75 Å². The molecule has 0 saturated heterocycles. The highest BCUT2D eigenvalue weighted by Gasteiger charge is 2.10. The van der Waals surface area contributed by atoms with E-state index in [1.807, 2.05) is 31.2 Å². The second kappa shape index (κ2) is 7.00. The van der Waals surface area contributed by atoms with Crippen LogP contribution in [0, 0.1) is 0 Å². The minimum atomic E-state index is 0.141. The van der Waals surface area contributed by atoms with Gasteiger partial charge in [-0.25, -0.2) is 0 Å². The molecule has 5 heteroatoms. The van der Waals surface area contributed by atoms with Crippen LogP contribution in [0.25, 0.3) is 10.6 Å². The monoisotopic (exact) mass is 305 g/mol. The molecule has 0 amide bonds. The summed E-state index contributed by atoms with van der Waals surface area (Å²) >= 11 is 1.65. The summed E-state index contributed by atoms with van der Waals surface area (Å²) in [4.78, 5) is 0. The van der Waals surface area contributed by atoms with Crippen molar-refractivity contribution >= 4 is 11.3 Å². The molecule has 2 aromatic rings. The van der Waals surface area contributed by atoms with Crippen LogP contribution in [0.2, 0.25) is 0 Å². The number of hydrogen-bond acceptors (Lipinski definition) is 5. The van der Waals surface area contributed by atoms with Gasteiger partial charge in [0.25, 0.3) is 0 Å². The molecule has 1 aromatic carbocycles. The summed E-state index contributed by atoms with van der Waals surface area (Å²) in [5, 5.41) is 14.0. The highest BCUT2D eigenvalue weighted by atomic mass is 32.1. The van der Waals surface area contributed by atoms with Crippen molar-refractivity contribution in [1.82, 2.24) is 15.5 Å². The smallest absolute Gasteiger partial charge is 0.147 e. The average Bonchev–Trinajstić information content (AvgIpc) is 2.87. The van der Waals surface area contributed by atoms with E-state index in [4.69, 9.17) is 4.74 Å². The lowest BCUT2D eigenvalue weighted by atomic mass is 10.1. The van der Waals surface area contributed by atoms with Gasteiger partial charge >= 0.3 is 0 Å². The molecule has 4 nitrogen and oxygen atoms in total. The minimum absolute atomic E-state index is 0.141. The minimum Gasteiger partial charge on any atom is -0.494 e. The number of hydrogen-bond donors (Lipinski definition) is 1. The largest absolute Gasteiger partial charge is 0.494 e. The average molecular weight is 305 g/mol. The Hall–Kier alpha value is -1.46. The van der Waals surface area contributed by atoms with Crippen molar-refractivity contribution in [3.8, 4) is 16.3 Å². The number of nitrogens with zero attached hydrogens (tertiary/aromatic N) is 2. The number of ether oxygens (including phenoxy) is 1. The second-order valence-corrected chi connectivity index (χ2v) is 6.95. The lowest BCUT2D eigenvalue weighted by Gasteiger charge is -2.19. The zero-order chi connectivity index (χ0) is 15.3. The molecule has 0 unspecified atom stereocenters. The van der Waals surface area contributed by atoms with E-state index in [9.17, 15) is 0 Å². The molecule has 0 radical (unpaired) electrons. The number of aromatic nitrogens is 2. The molecule has 0 atom stereocenters. The van der Waals surface area contributed by atoms with Crippen molar-refractivity contribution in [3.63, 3.8) is 0 Å². The van der Waals surface area contributed by atoms with Crippen molar-refractivity contribution in [2.45, 2.75) is 39.7 Å². The van der Waals surface area contributed by atoms with Gasteiger partial charge in [0.1, 0.15) is 15.8 Å². The van der Waals surface area contributed by atoms with Crippen LogP contribution < -0.4 is 10.1 Å². The normalized spacial score (nSPS) is 11.6. The van der Waals surface area contributed by atoms with Gasteiger partial charge in [-0.3, -0.25) is 0 Å². The summed E-state index contributed by atoms with van der Waals surface area (Å²) in [6.07, 6.45) is 0.909. The van der Waals surface area contributed by atoms with E-state index in [1.165, 1.54) is 0 Å². The molecule has 0 aliphatic heterocycles. The molecule has 0 bridgehead atoms. The van der Waals surface area contributed by atoms with Gasteiger partial charge in [0.2, 0.25) is 0 Å². The summed E-state index contributed by atoms with van der Waals surface area (Å²) in [5.74, 6) is 0.889. The highest BCUT2D eigenvalue weighted by molar-refractivity contribution is 7.14. The summed E-state index contributed by atoms with van der Waals surface area (Å²) in [6.45, 7) is 10.1. The Morgan fingerprint density at radius 1 is 1.14 bits per heavy atom. The summed E-state index contributed by atoms with van der Waals surface area (Å²) in [6, 6.07) is 8.01. The Balaban J connectivity index is 1.96. The quantitative estimate of drug-likeness (QED) is 0.887. The number of rotatable bonds is 6. The first-order valence-electron chi connectivity index (χ1n) is 7.28. The van der Waals surface area contributed by atoms with Crippen LogP contribution in [0.1, 0.15) is 32.7 Å².